The highest BCUT2D eigenvalue weighted by Gasteiger charge is 2.21. The van der Waals surface area contributed by atoms with Crippen molar-refractivity contribution in [3.8, 4) is 11.5 Å². The second kappa shape index (κ2) is 7.21. The molecule has 0 aliphatic heterocycles. The van der Waals surface area contributed by atoms with Crippen LogP contribution < -0.4 is 14.2 Å². The Morgan fingerprint density at radius 3 is 2.32 bits per heavy atom. The van der Waals surface area contributed by atoms with Gasteiger partial charge in [0, 0.05) is 13.2 Å². The van der Waals surface area contributed by atoms with E-state index in [1.807, 2.05) is 12.1 Å². The quantitative estimate of drug-likeness (QED) is 0.583. The molecule has 0 aliphatic carbocycles. The number of benzene rings is 2. The first-order chi connectivity index (χ1) is 10.4. The molecule has 0 fully saturated rings. The molecular formula is C14H13I2NO4S. The standard InChI is InChI=1S/C14H13I2NO4S/c1-20-10-4-6-13(21-2)14(8-10)22(18,19)17-12-5-3-9(15)7-11(12)16/h3-8,17H,1-2H3. The lowest BCUT2D eigenvalue weighted by Crippen LogP contribution is -2.15. The van der Waals surface area contributed by atoms with Crippen molar-refractivity contribution in [2.75, 3.05) is 18.9 Å². The maximum atomic E-state index is 12.6. The van der Waals surface area contributed by atoms with Crippen LogP contribution in [-0.2, 0) is 10.0 Å². The van der Waals surface area contributed by atoms with E-state index in [0.29, 0.717) is 11.4 Å². The highest BCUT2D eigenvalue weighted by atomic mass is 127. The second-order valence-electron chi connectivity index (χ2n) is 4.25. The fourth-order valence-corrected chi connectivity index (χ4v) is 4.95. The first-order valence-corrected chi connectivity index (χ1v) is 9.71. The molecule has 8 heteroatoms. The molecule has 0 heterocycles. The molecule has 0 atom stereocenters. The van der Waals surface area contributed by atoms with E-state index in [1.165, 1.54) is 20.3 Å². The molecule has 0 unspecified atom stereocenters. The lowest BCUT2D eigenvalue weighted by Gasteiger charge is -2.14. The number of hydrogen-bond donors (Lipinski definition) is 1. The molecule has 0 amide bonds. The zero-order valence-corrected chi connectivity index (χ0v) is 16.9. The van der Waals surface area contributed by atoms with Gasteiger partial charge in [-0.25, -0.2) is 8.42 Å². The maximum Gasteiger partial charge on any atom is 0.265 e. The third-order valence-electron chi connectivity index (χ3n) is 2.84. The van der Waals surface area contributed by atoms with Crippen LogP contribution in [0, 0.1) is 7.14 Å². The molecule has 0 spiro atoms. The summed E-state index contributed by atoms with van der Waals surface area (Å²) in [6, 6.07) is 10.1. The Hall–Kier alpha value is -0.750. The summed E-state index contributed by atoms with van der Waals surface area (Å²) in [5, 5.41) is 0. The van der Waals surface area contributed by atoms with Crippen molar-refractivity contribution >= 4 is 60.9 Å². The summed E-state index contributed by atoms with van der Waals surface area (Å²) in [7, 11) is -0.880. The van der Waals surface area contributed by atoms with E-state index in [4.69, 9.17) is 9.47 Å². The molecular weight excluding hydrogens is 532 g/mol. The van der Waals surface area contributed by atoms with Gasteiger partial charge in [-0.2, -0.15) is 0 Å². The van der Waals surface area contributed by atoms with Crippen LogP contribution >= 0.6 is 45.2 Å². The normalized spacial score (nSPS) is 11.1. The van der Waals surface area contributed by atoms with Crippen LogP contribution in [0.5, 0.6) is 11.5 Å². The van der Waals surface area contributed by atoms with Gasteiger partial charge in [-0.15, -0.1) is 0 Å². The molecule has 118 valence electrons. The van der Waals surface area contributed by atoms with Gasteiger partial charge in [-0.05, 0) is 75.5 Å². The molecule has 5 nitrogen and oxygen atoms in total. The van der Waals surface area contributed by atoms with Crippen molar-refractivity contribution in [1.82, 2.24) is 0 Å². The first kappa shape index (κ1) is 17.6. The van der Waals surface area contributed by atoms with Crippen LogP contribution in [0.1, 0.15) is 0 Å². The third kappa shape index (κ3) is 3.96. The van der Waals surface area contributed by atoms with Crippen molar-refractivity contribution in [1.29, 1.82) is 0 Å². The molecule has 22 heavy (non-hydrogen) atoms. The molecule has 0 saturated heterocycles. The Morgan fingerprint density at radius 2 is 1.73 bits per heavy atom. The van der Waals surface area contributed by atoms with Crippen LogP contribution in [0.4, 0.5) is 5.69 Å². The largest absolute Gasteiger partial charge is 0.497 e. The van der Waals surface area contributed by atoms with E-state index in [1.54, 1.807) is 18.2 Å². The van der Waals surface area contributed by atoms with Gasteiger partial charge in [0.15, 0.2) is 0 Å². The monoisotopic (exact) mass is 545 g/mol. The van der Waals surface area contributed by atoms with Crippen LogP contribution in [-0.4, -0.2) is 22.6 Å². The van der Waals surface area contributed by atoms with Crippen LogP contribution in [0.15, 0.2) is 41.3 Å². The molecule has 2 rings (SSSR count). The number of methoxy groups -OCH3 is 2. The number of rotatable bonds is 5. The first-order valence-electron chi connectivity index (χ1n) is 6.07. The number of sulfonamides is 1. The van der Waals surface area contributed by atoms with E-state index in [9.17, 15) is 8.42 Å². The average Bonchev–Trinajstić information content (AvgIpc) is 2.49. The highest BCUT2D eigenvalue weighted by molar-refractivity contribution is 14.1. The van der Waals surface area contributed by atoms with Gasteiger partial charge in [-0.3, -0.25) is 4.72 Å². The Bertz CT molecular complexity index is 793. The predicted molar refractivity (Wildman–Crippen MR) is 102 cm³/mol. The van der Waals surface area contributed by atoms with Crippen molar-refractivity contribution < 1.29 is 17.9 Å². The Kier molecular flexibility index (Phi) is 5.77. The smallest absolute Gasteiger partial charge is 0.265 e. The number of halogens is 2. The molecule has 0 aromatic heterocycles. The van der Waals surface area contributed by atoms with Gasteiger partial charge in [-0.1, -0.05) is 0 Å². The molecule has 0 aliphatic rings. The van der Waals surface area contributed by atoms with Crippen molar-refractivity contribution in [3.63, 3.8) is 0 Å². The van der Waals surface area contributed by atoms with Crippen molar-refractivity contribution in [2.24, 2.45) is 0 Å². The van der Waals surface area contributed by atoms with Gasteiger partial charge < -0.3 is 9.47 Å². The number of nitrogens with one attached hydrogen (secondary N) is 1. The lowest BCUT2D eigenvalue weighted by atomic mass is 10.3. The third-order valence-corrected chi connectivity index (χ3v) is 5.79. The molecule has 2 aromatic carbocycles. The van der Waals surface area contributed by atoms with Gasteiger partial charge in [0.05, 0.1) is 19.9 Å². The fraction of sp³-hybridized carbons (Fsp3) is 0.143. The Labute approximate surface area is 156 Å². The SMILES string of the molecule is COc1ccc(OC)c(S(=O)(=O)Nc2ccc(I)cc2I)c1. The molecule has 1 N–H and O–H groups in total. The zero-order valence-electron chi connectivity index (χ0n) is 11.8. The van der Waals surface area contributed by atoms with E-state index >= 15 is 0 Å². The van der Waals surface area contributed by atoms with Gasteiger partial charge in [0.25, 0.3) is 10.0 Å². The molecule has 0 radical (unpaired) electrons. The minimum absolute atomic E-state index is 0.0312. The summed E-state index contributed by atoms with van der Waals surface area (Å²) in [4.78, 5) is 0.0312. The van der Waals surface area contributed by atoms with Gasteiger partial charge in [0.1, 0.15) is 16.4 Å². The van der Waals surface area contributed by atoms with Crippen molar-refractivity contribution in [3.05, 3.63) is 43.5 Å². The predicted octanol–water partition coefficient (Wildman–Crippen LogP) is 3.71. The number of hydrogen-bond acceptors (Lipinski definition) is 4. The van der Waals surface area contributed by atoms with E-state index in [0.717, 1.165) is 7.14 Å². The van der Waals surface area contributed by atoms with Crippen molar-refractivity contribution in [2.45, 2.75) is 4.90 Å². The minimum atomic E-state index is -3.79. The highest BCUT2D eigenvalue weighted by Crippen LogP contribution is 2.31. The zero-order chi connectivity index (χ0) is 16.3. The number of anilines is 1. The molecule has 0 bridgehead atoms. The Balaban J connectivity index is 2.46. The van der Waals surface area contributed by atoms with Crippen LogP contribution in [0.3, 0.4) is 0 Å². The summed E-state index contributed by atoms with van der Waals surface area (Å²) in [6.45, 7) is 0. The topological polar surface area (TPSA) is 64.6 Å². The fourth-order valence-electron chi connectivity index (χ4n) is 1.77. The van der Waals surface area contributed by atoms with Gasteiger partial charge >= 0.3 is 0 Å². The molecule has 2 aromatic rings. The van der Waals surface area contributed by atoms with E-state index < -0.39 is 10.0 Å². The minimum Gasteiger partial charge on any atom is -0.497 e. The second-order valence-corrected chi connectivity index (χ2v) is 8.31. The Morgan fingerprint density at radius 1 is 1.00 bits per heavy atom. The maximum absolute atomic E-state index is 12.6. The summed E-state index contributed by atoms with van der Waals surface area (Å²) in [5.74, 6) is 0.701. The summed E-state index contributed by atoms with van der Waals surface area (Å²) in [6.07, 6.45) is 0. The van der Waals surface area contributed by atoms with Gasteiger partial charge in [0.2, 0.25) is 0 Å². The van der Waals surface area contributed by atoms with E-state index in [-0.39, 0.29) is 10.6 Å². The molecule has 0 saturated carbocycles. The number of ether oxygens (including phenoxy) is 2. The average molecular weight is 545 g/mol. The summed E-state index contributed by atoms with van der Waals surface area (Å²) < 4.78 is 39.9. The van der Waals surface area contributed by atoms with E-state index in [2.05, 4.69) is 49.9 Å². The summed E-state index contributed by atoms with van der Waals surface area (Å²) in [5.41, 5.74) is 0.519. The van der Waals surface area contributed by atoms with Crippen LogP contribution in [0.25, 0.3) is 0 Å². The summed E-state index contributed by atoms with van der Waals surface area (Å²) >= 11 is 4.26. The van der Waals surface area contributed by atoms with Crippen LogP contribution in [0.2, 0.25) is 0 Å². The lowest BCUT2D eigenvalue weighted by molar-refractivity contribution is 0.392.